The molecule has 36 heavy (non-hydrogen) atoms. The van der Waals surface area contributed by atoms with Gasteiger partial charge >= 0.3 is 18.1 Å². The first-order chi connectivity index (χ1) is 17.4. The number of hydrogen-bond acceptors (Lipinski definition) is 8. The molecule has 184 valence electrons. The van der Waals surface area contributed by atoms with Crippen LogP contribution in [0, 0.1) is 3.57 Å². The number of anilines is 2. The summed E-state index contributed by atoms with van der Waals surface area (Å²) in [5, 5.41) is 18.0. The van der Waals surface area contributed by atoms with Gasteiger partial charge in [-0.1, -0.05) is 0 Å². The molecular formula is C22H20IN9O4. The summed E-state index contributed by atoms with van der Waals surface area (Å²) in [6.45, 7) is 0. The number of urea groups is 2. The van der Waals surface area contributed by atoms with Crippen molar-refractivity contribution in [2.45, 2.75) is 37.8 Å². The maximum absolute atomic E-state index is 12.1. The highest BCUT2D eigenvalue weighted by atomic mass is 127. The Morgan fingerprint density at radius 3 is 2.64 bits per heavy atom. The van der Waals surface area contributed by atoms with Crippen molar-refractivity contribution in [3.05, 3.63) is 39.2 Å². The van der Waals surface area contributed by atoms with E-state index >= 15 is 0 Å². The molecule has 3 aliphatic rings. The first-order valence-electron chi connectivity index (χ1n) is 11.3. The number of hydrogen-bond donors (Lipinski definition) is 5. The van der Waals surface area contributed by atoms with Gasteiger partial charge in [0.2, 0.25) is 5.95 Å². The summed E-state index contributed by atoms with van der Waals surface area (Å²) in [7, 11) is 0. The van der Waals surface area contributed by atoms with Gasteiger partial charge in [0.15, 0.2) is 5.65 Å². The molecule has 3 heterocycles. The quantitative estimate of drug-likeness (QED) is 0.157. The van der Waals surface area contributed by atoms with Crippen LogP contribution in [0.3, 0.4) is 0 Å². The summed E-state index contributed by atoms with van der Waals surface area (Å²) in [6, 6.07) is 5.04. The third kappa shape index (κ3) is 4.89. The van der Waals surface area contributed by atoms with Gasteiger partial charge in [0.1, 0.15) is 11.4 Å². The Hall–Kier alpha value is -3.95. The summed E-state index contributed by atoms with van der Waals surface area (Å²) in [6.07, 6.45) is 7.09. The van der Waals surface area contributed by atoms with Gasteiger partial charge in [-0.05, 0) is 72.5 Å². The van der Waals surface area contributed by atoms with Gasteiger partial charge < -0.3 is 26.0 Å². The summed E-state index contributed by atoms with van der Waals surface area (Å²) < 4.78 is 8.28. The predicted molar refractivity (Wildman–Crippen MR) is 136 cm³/mol. The lowest BCUT2D eigenvalue weighted by molar-refractivity contribution is -0.115. The lowest BCUT2D eigenvalue weighted by Crippen LogP contribution is -2.30. The molecule has 0 unspecified atom stereocenters. The topological polar surface area (TPSA) is 164 Å². The first-order valence-corrected chi connectivity index (χ1v) is 12.4. The van der Waals surface area contributed by atoms with Crippen molar-refractivity contribution in [3.8, 4) is 11.8 Å². The Labute approximate surface area is 217 Å². The van der Waals surface area contributed by atoms with Crippen molar-refractivity contribution >= 4 is 63.9 Å². The second-order valence-electron chi connectivity index (χ2n) is 8.67. The van der Waals surface area contributed by atoms with Crippen LogP contribution in [0.4, 0.5) is 21.2 Å². The average molecular weight is 601 g/mol. The number of nitrogens with zero attached hydrogens (tertiary/aromatic N) is 4. The maximum atomic E-state index is 12.1. The minimum atomic E-state index is -0.588. The van der Waals surface area contributed by atoms with Crippen LogP contribution in [-0.4, -0.2) is 49.6 Å². The van der Waals surface area contributed by atoms with Crippen molar-refractivity contribution in [1.82, 2.24) is 35.5 Å². The van der Waals surface area contributed by atoms with E-state index in [1.54, 1.807) is 18.2 Å². The molecule has 2 aliphatic carbocycles. The van der Waals surface area contributed by atoms with Crippen LogP contribution in [0.25, 0.3) is 11.7 Å². The van der Waals surface area contributed by atoms with Crippen LogP contribution >= 0.6 is 22.6 Å². The second kappa shape index (κ2) is 8.92. The van der Waals surface area contributed by atoms with E-state index in [0.717, 1.165) is 29.3 Å². The Kier molecular flexibility index (Phi) is 5.58. The molecule has 2 saturated carbocycles. The third-order valence-corrected chi connectivity index (χ3v) is 6.51. The zero-order chi connectivity index (χ0) is 24.8. The van der Waals surface area contributed by atoms with E-state index in [4.69, 9.17) is 4.74 Å². The number of fused-ring (bicyclic) bond motifs is 1. The van der Waals surface area contributed by atoms with Crippen molar-refractivity contribution in [2.75, 3.05) is 10.6 Å². The minimum absolute atomic E-state index is 0.0775. The normalized spacial score (nSPS) is 18.2. The molecule has 1 aliphatic heterocycles. The van der Waals surface area contributed by atoms with Gasteiger partial charge in [-0.25, -0.2) is 9.59 Å². The summed E-state index contributed by atoms with van der Waals surface area (Å²) >= 11 is 2.12. The van der Waals surface area contributed by atoms with Crippen LogP contribution in [-0.2, 0) is 4.79 Å². The molecule has 0 spiro atoms. The van der Waals surface area contributed by atoms with Gasteiger partial charge in [-0.15, -0.1) is 0 Å². The molecule has 6 rings (SSSR count). The molecule has 0 atom stereocenters. The zero-order valence-corrected chi connectivity index (χ0v) is 20.8. The molecule has 3 fully saturated rings. The molecule has 13 nitrogen and oxygen atoms in total. The number of nitrogens with one attached hydrogen (secondary N) is 5. The number of ether oxygens (including phenoxy) is 1. The summed E-state index contributed by atoms with van der Waals surface area (Å²) in [5.74, 6) is 0.401. The van der Waals surface area contributed by atoms with E-state index in [0.29, 0.717) is 28.6 Å². The van der Waals surface area contributed by atoms with Crippen LogP contribution < -0.4 is 31.3 Å². The standard InChI is InChI=1S/C22H20IN9O4/c23-14-8-13(5-6-15(14)27-20(34)26-12-3-4-12)36-22-29-17-10(7-16-18(33)30-21(35)28-16)9-24-32(17)19(31-22)25-11-1-2-11/h5-9,11-12H,1-4H2,(H,25,29,31)(H2,26,27,34)(H2,28,30,33,35)/b16-7-. The average Bonchev–Trinajstić information content (AvgIpc) is 3.75. The smallest absolute Gasteiger partial charge is 0.327 e. The highest BCUT2D eigenvalue weighted by Gasteiger charge is 2.26. The molecule has 1 saturated heterocycles. The largest absolute Gasteiger partial charge is 0.424 e. The minimum Gasteiger partial charge on any atom is -0.424 e. The van der Waals surface area contributed by atoms with Crippen LogP contribution in [0.1, 0.15) is 31.2 Å². The number of imide groups is 1. The zero-order valence-electron chi connectivity index (χ0n) is 18.7. The fraction of sp³-hybridized carbons (Fsp3) is 0.273. The molecular weight excluding hydrogens is 581 g/mol. The van der Waals surface area contributed by atoms with Crippen molar-refractivity contribution in [3.63, 3.8) is 0 Å². The van der Waals surface area contributed by atoms with E-state index in [9.17, 15) is 14.4 Å². The Balaban J connectivity index is 1.28. The molecule has 3 aromatic rings. The van der Waals surface area contributed by atoms with E-state index in [1.807, 2.05) is 0 Å². The predicted octanol–water partition coefficient (Wildman–Crippen LogP) is 2.56. The summed E-state index contributed by atoms with van der Waals surface area (Å²) in [4.78, 5) is 44.5. The molecule has 5 N–H and O–H groups in total. The van der Waals surface area contributed by atoms with Crippen molar-refractivity contribution in [1.29, 1.82) is 0 Å². The molecule has 2 aromatic heterocycles. The Morgan fingerprint density at radius 2 is 1.94 bits per heavy atom. The maximum Gasteiger partial charge on any atom is 0.327 e. The lowest BCUT2D eigenvalue weighted by Gasteiger charge is -2.12. The van der Waals surface area contributed by atoms with Gasteiger partial charge in [-0.3, -0.25) is 10.1 Å². The molecule has 5 amide bonds. The van der Waals surface area contributed by atoms with Gasteiger partial charge in [-0.2, -0.15) is 19.6 Å². The van der Waals surface area contributed by atoms with E-state index < -0.39 is 11.9 Å². The lowest BCUT2D eigenvalue weighted by atomic mass is 10.2. The van der Waals surface area contributed by atoms with Crippen LogP contribution in [0.2, 0.25) is 0 Å². The number of carbonyl (C=O) groups excluding carboxylic acids is 3. The number of halogens is 1. The Bertz CT molecular complexity index is 1440. The SMILES string of the molecule is O=C1NC(=O)/C(=C/c2cnn3c(NC4CC4)nc(Oc4ccc(NC(=O)NC5CC5)c(I)c4)nc23)N1. The highest BCUT2D eigenvalue weighted by Crippen LogP contribution is 2.30. The summed E-state index contributed by atoms with van der Waals surface area (Å²) in [5.41, 5.74) is 1.66. The van der Waals surface area contributed by atoms with Crippen molar-refractivity contribution in [2.24, 2.45) is 0 Å². The van der Waals surface area contributed by atoms with E-state index in [1.165, 1.54) is 16.8 Å². The number of benzene rings is 1. The fourth-order valence-corrected chi connectivity index (χ4v) is 4.12. The monoisotopic (exact) mass is 601 g/mol. The van der Waals surface area contributed by atoms with Gasteiger partial charge in [0, 0.05) is 21.2 Å². The van der Waals surface area contributed by atoms with Crippen LogP contribution in [0.5, 0.6) is 11.8 Å². The first kappa shape index (κ1) is 22.5. The van der Waals surface area contributed by atoms with E-state index in [2.05, 4.69) is 64.2 Å². The van der Waals surface area contributed by atoms with E-state index in [-0.39, 0.29) is 29.8 Å². The van der Waals surface area contributed by atoms with Gasteiger partial charge in [0.25, 0.3) is 5.91 Å². The highest BCUT2D eigenvalue weighted by molar-refractivity contribution is 14.1. The van der Waals surface area contributed by atoms with Crippen LogP contribution in [0.15, 0.2) is 30.1 Å². The molecule has 1 aromatic carbocycles. The number of carbonyl (C=O) groups is 3. The third-order valence-electron chi connectivity index (χ3n) is 5.62. The fourth-order valence-electron chi connectivity index (χ4n) is 3.50. The van der Waals surface area contributed by atoms with Crippen molar-refractivity contribution < 1.29 is 19.1 Å². The Morgan fingerprint density at radius 1 is 1.14 bits per heavy atom. The number of aromatic nitrogens is 4. The molecule has 0 bridgehead atoms. The number of amides is 5. The molecule has 0 radical (unpaired) electrons. The number of rotatable bonds is 7. The molecule has 14 heteroatoms. The second-order valence-corrected chi connectivity index (χ2v) is 9.83. The van der Waals surface area contributed by atoms with Gasteiger partial charge in [0.05, 0.1) is 11.9 Å².